The Kier molecular flexibility index (Phi) is 4.15. The van der Waals surface area contributed by atoms with Gasteiger partial charge < -0.3 is 9.84 Å². The largest absolute Gasteiger partial charge is 0.361 e. The average molecular weight is 231 g/mol. The monoisotopic (exact) mass is 230 g/mol. The second kappa shape index (κ2) is 5.16. The van der Waals surface area contributed by atoms with Crippen LogP contribution >= 0.6 is 11.6 Å². The number of carbonyl (C=O) groups excluding carboxylic acids is 1. The molecule has 0 radical (unpaired) electrons. The first-order chi connectivity index (χ1) is 7.06. The third-order valence-electron chi connectivity index (χ3n) is 2.22. The molecule has 15 heavy (non-hydrogen) atoms. The zero-order valence-electron chi connectivity index (χ0n) is 9.13. The summed E-state index contributed by atoms with van der Waals surface area (Å²) in [4.78, 5) is 11.3. The van der Waals surface area contributed by atoms with Gasteiger partial charge in [0, 0.05) is 17.9 Å². The molecule has 1 rings (SSSR count). The lowest BCUT2D eigenvalue weighted by Crippen LogP contribution is -2.27. The first kappa shape index (κ1) is 12.0. The first-order valence-corrected chi connectivity index (χ1v) is 5.37. The molecule has 1 aromatic heterocycles. The molecule has 1 atom stereocenters. The summed E-state index contributed by atoms with van der Waals surface area (Å²) in [5.41, 5.74) is 1.75. The van der Waals surface area contributed by atoms with Crippen molar-refractivity contribution >= 4 is 17.5 Å². The van der Waals surface area contributed by atoms with Crippen molar-refractivity contribution in [3.63, 3.8) is 0 Å². The Labute approximate surface area is 94.0 Å². The minimum Gasteiger partial charge on any atom is -0.361 e. The molecule has 84 valence electrons. The van der Waals surface area contributed by atoms with Gasteiger partial charge in [0.2, 0.25) is 5.91 Å². The van der Waals surface area contributed by atoms with Crippen molar-refractivity contribution in [3.05, 3.63) is 17.0 Å². The topological polar surface area (TPSA) is 55.1 Å². The van der Waals surface area contributed by atoms with Gasteiger partial charge in [0.1, 0.15) is 5.76 Å². The van der Waals surface area contributed by atoms with E-state index in [1.807, 2.05) is 20.8 Å². The molecule has 1 unspecified atom stereocenters. The SMILES string of the molecule is Cc1noc(C)c1C(C)NC(=O)CCCl. The standard InChI is InChI=1S/C10H15ClN2O2/c1-6(12-9(14)4-5-11)10-7(2)13-15-8(10)3/h6H,4-5H2,1-3H3,(H,12,14). The molecule has 4 nitrogen and oxygen atoms in total. The third-order valence-corrected chi connectivity index (χ3v) is 2.41. The zero-order valence-corrected chi connectivity index (χ0v) is 9.89. The van der Waals surface area contributed by atoms with E-state index in [1.165, 1.54) is 0 Å². The molecular formula is C10H15ClN2O2. The molecule has 5 heteroatoms. The fourth-order valence-corrected chi connectivity index (χ4v) is 1.75. The van der Waals surface area contributed by atoms with Crippen LogP contribution in [0.4, 0.5) is 0 Å². The number of nitrogens with one attached hydrogen (secondary N) is 1. The van der Waals surface area contributed by atoms with E-state index in [0.717, 1.165) is 17.0 Å². The van der Waals surface area contributed by atoms with E-state index in [2.05, 4.69) is 10.5 Å². The Bertz CT molecular complexity index is 330. The molecule has 0 bridgehead atoms. The van der Waals surface area contributed by atoms with E-state index in [0.29, 0.717) is 12.3 Å². The highest BCUT2D eigenvalue weighted by Crippen LogP contribution is 2.20. The summed E-state index contributed by atoms with van der Waals surface area (Å²) < 4.78 is 5.03. The molecular weight excluding hydrogens is 216 g/mol. The summed E-state index contributed by atoms with van der Waals surface area (Å²) in [6, 6.07) is -0.0908. The van der Waals surface area contributed by atoms with Crippen LogP contribution in [-0.2, 0) is 4.79 Å². The van der Waals surface area contributed by atoms with Crippen LogP contribution in [0.3, 0.4) is 0 Å². The highest BCUT2D eigenvalue weighted by atomic mass is 35.5. The Morgan fingerprint density at radius 1 is 1.60 bits per heavy atom. The van der Waals surface area contributed by atoms with Crippen LogP contribution in [0.2, 0.25) is 0 Å². The van der Waals surface area contributed by atoms with Crippen molar-refractivity contribution in [2.24, 2.45) is 0 Å². The molecule has 0 aliphatic heterocycles. The summed E-state index contributed by atoms with van der Waals surface area (Å²) in [6.07, 6.45) is 0.329. The van der Waals surface area contributed by atoms with E-state index in [1.54, 1.807) is 0 Å². The maximum atomic E-state index is 11.3. The summed E-state index contributed by atoms with van der Waals surface area (Å²) in [6.45, 7) is 5.59. The van der Waals surface area contributed by atoms with E-state index < -0.39 is 0 Å². The summed E-state index contributed by atoms with van der Waals surface area (Å²) in [5.74, 6) is 1.02. The summed E-state index contributed by atoms with van der Waals surface area (Å²) >= 11 is 5.48. The molecule has 0 aliphatic carbocycles. The predicted octanol–water partition coefficient (Wildman–Crippen LogP) is 2.10. The van der Waals surface area contributed by atoms with Gasteiger partial charge in [-0.15, -0.1) is 11.6 Å². The quantitative estimate of drug-likeness (QED) is 0.806. The number of hydrogen-bond donors (Lipinski definition) is 1. The number of aryl methyl sites for hydroxylation is 2. The van der Waals surface area contributed by atoms with Crippen LogP contribution in [0.5, 0.6) is 0 Å². The Balaban J connectivity index is 2.68. The second-order valence-corrected chi connectivity index (χ2v) is 3.84. The first-order valence-electron chi connectivity index (χ1n) is 4.84. The van der Waals surface area contributed by atoms with Crippen molar-refractivity contribution < 1.29 is 9.32 Å². The minimum atomic E-state index is -0.0908. The van der Waals surface area contributed by atoms with Crippen molar-refractivity contribution in [3.8, 4) is 0 Å². The summed E-state index contributed by atoms with van der Waals surface area (Å²) in [7, 11) is 0. The molecule has 0 fully saturated rings. The van der Waals surface area contributed by atoms with Gasteiger partial charge in [0.05, 0.1) is 11.7 Å². The number of halogens is 1. The van der Waals surface area contributed by atoms with Crippen molar-refractivity contribution in [1.29, 1.82) is 0 Å². The Morgan fingerprint density at radius 3 is 2.73 bits per heavy atom. The van der Waals surface area contributed by atoms with Gasteiger partial charge in [-0.1, -0.05) is 5.16 Å². The van der Waals surface area contributed by atoms with Crippen molar-refractivity contribution in [2.75, 3.05) is 5.88 Å². The lowest BCUT2D eigenvalue weighted by atomic mass is 10.1. The van der Waals surface area contributed by atoms with E-state index in [9.17, 15) is 4.79 Å². The molecule has 0 spiro atoms. The second-order valence-electron chi connectivity index (χ2n) is 3.47. The fourth-order valence-electron chi connectivity index (χ4n) is 1.58. The number of carbonyl (C=O) groups is 1. The van der Waals surface area contributed by atoms with Gasteiger partial charge in [-0.25, -0.2) is 0 Å². The highest BCUT2D eigenvalue weighted by Gasteiger charge is 2.17. The minimum absolute atomic E-state index is 0.0579. The number of hydrogen-bond acceptors (Lipinski definition) is 3. The van der Waals surface area contributed by atoms with Crippen molar-refractivity contribution in [1.82, 2.24) is 10.5 Å². The molecule has 0 saturated carbocycles. The van der Waals surface area contributed by atoms with Gasteiger partial charge in [0.25, 0.3) is 0 Å². The van der Waals surface area contributed by atoms with Crippen LogP contribution in [-0.4, -0.2) is 16.9 Å². The number of alkyl halides is 1. The maximum absolute atomic E-state index is 11.3. The normalized spacial score (nSPS) is 12.5. The van der Waals surface area contributed by atoms with Gasteiger partial charge >= 0.3 is 0 Å². The van der Waals surface area contributed by atoms with Crippen molar-refractivity contribution in [2.45, 2.75) is 33.2 Å². The Hall–Kier alpha value is -1.03. The number of rotatable bonds is 4. The molecule has 1 aromatic rings. The average Bonchev–Trinajstić information content (AvgIpc) is 2.46. The van der Waals surface area contributed by atoms with Gasteiger partial charge in [0.15, 0.2) is 0 Å². The van der Waals surface area contributed by atoms with Crippen LogP contribution in [0.15, 0.2) is 4.52 Å². The third kappa shape index (κ3) is 2.96. The van der Waals surface area contributed by atoms with Crippen LogP contribution in [0.1, 0.15) is 36.4 Å². The highest BCUT2D eigenvalue weighted by molar-refractivity contribution is 6.18. The van der Waals surface area contributed by atoms with Crippen LogP contribution < -0.4 is 5.32 Å². The number of aromatic nitrogens is 1. The van der Waals surface area contributed by atoms with Crippen LogP contribution in [0, 0.1) is 13.8 Å². The predicted molar refractivity (Wildman–Crippen MR) is 57.9 cm³/mol. The molecule has 1 heterocycles. The number of nitrogens with zero attached hydrogens (tertiary/aromatic N) is 1. The van der Waals surface area contributed by atoms with E-state index >= 15 is 0 Å². The van der Waals surface area contributed by atoms with Crippen LogP contribution in [0.25, 0.3) is 0 Å². The lowest BCUT2D eigenvalue weighted by Gasteiger charge is -2.12. The van der Waals surface area contributed by atoms with Gasteiger partial charge in [-0.05, 0) is 20.8 Å². The molecule has 0 aromatic carbocycles. The van der Waals surface area contributed by atoms with E-state index in [4.69, 9.17) is 16.1 Å². The molecule has 1 N–H and O–H groups in total. The fraction of sp³-hybridized carbons (Fsp3) is 0.600. The molecule has 0 saturated heterocycles. The smallest absolute Gasteiger partial charge is 0.221 e. The lowest BCUT2D eigenvalue weighted by molar-refractivity contribution is -0.121. The maximum Gasteiger partial charge on any atom is 0.221 e. The summed E-state index contributed by atoms with van der Waals surface area (Å²) in [5, 5.41) is 6.68. The molecule has 1 amide bonds. The van der Waals surface area contributed by atoms with Gasteiger partial charge in [-0.2, -0.15) is 0 Å². The Morgan fingerprint density at radius 2 is 2.27 bits per heavy atom. The van der Waals surface area contributed by atoms with Gasteiger partial charge in [-0.3, -0.25) is 4.79 Å². The molecule has 0 aliphatic rings. The zero-order chi connectivity index (χ0) is 11.4. The van der Waals surface area contributed by atoms with E-state index in [-0.39, 0.29) is 11.9 Å². The number of amides is 1.